The van der Waals surface area contributed by atoms with E-state index in [1.165, 1.54) is 500 Å². The van der Waals surface area contributed by atoms with E-state index in [4.69, 9.17) is 9.47 Å². The molecule has 0 amide bonds. The van der Waals surface area contributed by atoms with Crippen LogP contribution < -0.4 is 0 Å². The first-order valence-corrected chi connectivity index (χ1v) is 53.3. The van der Waals surface area contributed by atoms with Crippen LogP contribution in [-0.2, 0) is 16.1 Å². The lowest BCUT2D eigenvalue weighted by atomic mass is 9.45. The van der Waals surface area contributed by atoms with Gasteiger partial charge in [-0.2, -0.15) is 0 Å². The Morgan fingerprint density at radius 3 is 0.775 bits per heavy atom. The fourth-order valence-corrected chi connectivity index (χ4v) is 21.1. The van der Waals surface area contributed by atoms with Gasteiger partial charge >= 0.3 is 0 Å². The molecule has 1 rings (SSSR count). The monoisotopic (exact) mass is 1670 g/mol. The summed E-state index contributed by atoms with van der Waals surface area (Å²) in [6.45, 7) is 31.0. The number of rotatable bonds is 91. The van der Waals surface area contributed by atoms with E-state index in [0.717, 1.165) is 17.8 Å². The van der Waals surface area contributed by atoms with Crippen LogP contribution in [0.3, 0.4) is 0 Å². The number of alkyl halides is 1. The lowest BCUT2D eigenvalue weighted by Gasteiger charge is -2.63. The third-order valence-electron chi connectivity index (χ3n) is 29.1. The second-order valence-electron chi connectivity index (χ2n) is 37.8. The highest BCUT2D eigenvalue weighted by Gasteiger charge is 2.61. The Morgan fingerprint density at radius 1 is 0.279 bits per heavy atom. The minimum atomic E-state index is -0.667. The van der Waals surface area contributed by atoms with Gasteiger partial charge in [0.25, 0.3) is 0 Å². The normalized spacial score (nSPS) is 15.7. The van der Waals surface area contributed by atoms with E-state index in [1.807, 2.05) is 0 Å². The predicted molar refractivity (Wildman–Crippen MR) is 510 cm³/mol. The fourth-order valence-electron chi connectivity index (χ4n) is 20.7. The third-order valence-corrected chi connectivity index (χ3v) is 29.9. The van der Waals surface area contributed by atoms with E-state index in [-0.39, 0.29) is 16.4 Å². The molecule has 0 spiro atoms. The van der Waals surface area contributed by atoms with E-state index >= 15 is 0 Å². The smallest absolute Gasteiger partial charge is 0.133 e. The van der Waals surface area contributed by atoms with Crippen molar-refractivity contribution in [2.45, 2.75) is 600 Å². The van der Waals surface area contributed by atoms with Crippen LogP contribution in [0.2, 0.25) is 0 Å². The summed E-state index contributed by atoms with van der Waals surface area (Å²) in [5.74, 6) is 3.65. The Morgan fingerprint density at radius 2 is 0.523 bits per heavy atom. The summed E-state index contributed by atoms with van der Waals surface area (Å²) in [5.41, 5.74) is 0.894. The van der Waals surface area contributed by atoms with Gasteiger partial charge in [-0.15, -0.1) is 0 Å². The van der Waals surface area contributed by atoms with Gasteiger partial charge in [0, 0.05) is 5.41 Å². The zero-order valence-electron chi connectivity index (χ0n) is 78.4. The van der Waals surface area contributed by atoms with E-state index in [9.17, 15) is 5.11 Å². The zero-order chi connectivity index (χ0) is 80.9. The van der Waals surface area contributed by atoms with Crippen molar-refractivity contribution in [3.63, 3.8) is 0 Å². The fraction of sp³-hybridized carbons (Fsp3) is 0.944. The number of unbranched alkanes of at least 4 members (excludes halogenated alkanes) is 49. The first kappa shape index (κ1) is 109. The molecule has 111 heavy (non-hydrogen) atoms. The van der Waals surface area contributed by atoms with Gasteiger partial charge in [-0.25, -0.2) is 0 Å². The minimum absolute atomic E-state index is 0.0453. The lowest BCUT2D eigenvalue weighted by Crippen LogP contribution is -2.61. The van der Waals surface area contributed by atoms with Crippen molar-refractivity contribution in [1.82, 2.24) is 0 Å². The Bertz CT molecular complexity index is 1900. The van der Waals surface area contributed by atoms with Crippen LogP contribution in [0.1, 0.15) is 583 Å². The molecule has 0 aliphatic heterocycles. The molecule has 0 bridgehead atoms. The number of halogens is 1. The highest BCUT2D eigenvalue weighted by atomic mass is 127. The zero-order valence-corrected chi connectivity index (χ0v) is 80.6. The summed E-state index contributed by atoms with van der Waals surface area (Å²) < 4.78 is 15.4. The topological polar surface area (TPSA) is 38.7 Å². The first-order chi connectivity index (χ1) is 54.5. The summed E-state index contributed by atoms with van der Waals surface area (Å²) in [4.78, 5) is 0. The number of aliphatic hydroxyl groups is 1. The van der Waals surface area contributed by atoms with Crippen molar-refractivity contribution in [3.05, 3.63) is 35.9 Å². The third kappa shape index (κ3) is 55.4. The Balaban J connectivity index is 4.71. The molecule has 0 aliphatic rings. The van der Waals surface area contributed by atoms with E-state index in [1.54, 1.807) is 0 Å². The van der Waals surface area contributed by atoms with Crippen LogP contribution >= 0.6 is 22.6 Å². The molecule has 660 valence electrons. The van der Waals surface area contributed by atoms with Crippen LogP contribution in [0, 0.1) is 40.4 Å². The molecule has 0 fully saturated rings. The quantitative estimate of drug-likeness (QED) is 0.0401. The second kappa shape index (κ2) is 79.6. The van der Waals surface area contributed by atoms with Gasteiger partial charge < -0.3 is 14.6 Å². The first-order valence-electron chi connectivity index (χ1n) is 52.1. The van der Waals surface area contributed by atoms with Crippen molar-refractivity contribution < 1.29 is 14.6 Å². The maximum atomic E-state index is 12.4. The van der Waals surface area contributed by atoms with Crippen molar-refractivity contribution in [2.75, 3.05) is 6.61 Å². The maximum absolute atomic E-state index is 12.4. The average Bonchev–Trinajstić information content (AvgIpc) is 0.719. The van der Waals surface area contributed by atoms with E-state index in [2.05, 4.69) is 136 Å². The Kier molecular flexibility index (Phi) is 78.1. The summed E-state index contributed by atoms with van der Waals surface area (Å²) >= 11 is 2.34. The van der Waals surface area contributed by atoms with Crippen molar-refractivity contribution in [3.8, 4) is 0 Å². The predicted octanol–water partition coefficient (Wildman–Crippen LogP) is 38.4. The molecular weight excluding hydrogens is 1460 g/mol. The Hall–Kier alpha value is -0.170. The molecular formula is C107H207IO3. The van der Waals surface area contributed by atoms with Gasteiger partial charge in [-0.1, -0.05) is 531 Å². The van der Waals surface area contributed by atoms with E-state index < -0.39 is 10.2 Å². The highest BCUT2D eigenvalue weighted by Crippen LogP contribution is 2.66. The molecule has 1 aromatic carbocycles. The highest BCUT2D eigenvalue weighted by molar-refractivity contribution is 14.1. The number of hydrogen-bond donors (Lipinski definition) is 1. The minimum Gasteiger partial charge on any atom is -0.380 e. The van der Waals surface area contributed by atoms with Crippen LogP contribution in [-0.4, -0.2) is 27.5 Å². The van der Waals surface area contributed by atoms with Gasteiger partial charge in [0.15, 0.2) is 0 Å². The van der Waals surface area contributed by atoms with Gasteiger partial charge in [0.2, 0.25) is 0 Å². The molecule has 0 radical (unpaired) electrons. The molecule has 3 nitrogen and oxygen atoms in total. The number of aliphatic hydroxyl groups excluding tert-OH is 1. The average molecular weight is 1670 g/mol. The van der Waals surface area contributed by atoms with Gasteiger partial charge in [0.1, 0.15) is 10.2 Å². The molecule has 0 aliphatic carbocycles. The van der Waals surface area contributed by atoms with E-state index in [0.29, 0.717) is 25.0 Å². The summed E-state index contributed by atoms with van der Waals surface area (Å²) in [6, 6.07) is 10.9. The molecule has 0 heterocycles. The SMILES string of the molecule is CCCCCCCCCCCCC(CC)CCC(CC)(CCCCCCC)C(CCC(CC)CCCCCCCCCCCC)(CCC(CC)CCCCCCCCCCCC)C(CCC(CC)CCCCCCCCCCCC)(CCC(CC)CCCCCCCCCCCC)OCC(OCc1ccccc1)C(O)I. The molecule has 0 saturated heterocycles. The Labute approximate surface area is 715 Å². The van der Waals surface area contributed by atoms with Crippen molar-refractivity contribution in [1.29, 1.82) is 0 Å². The largest absolute Gasteiger partial charge is 0.380 e. The molecule has 8 atom stereocenters. The van der Waals surface area contributed by atoms with Crippen LogP contribution in [0.5, 0.6) is 0 Å². The van der Waals surface area contributed by atoms with Crippen molar-refractivity contribution >= 4 is 22.6 Å². The molecule has 8 unspecified atom stereocenters. The number of hydrogen-bond acceptors (Lipinski definition) is 3. The summed E-state index contributed by atoms with van der Waals surface area (Å²) in [5, 5.41) is 12.4. The molecule has 1 N–H and O–H groups in total. The summed E-state index contributed by atoms with van der Waals surface area (Å²) in [6.07, 6.45) is 106. The second-order valence-corrected chi connectivity index (χ2v) is 39.1. The number of ether oxygens (including phenoxy) is 2. The lowest BCUT2D eigenvalue weighted by molar-refractivity contribution is -0.232. The van der Waals surface area contributed by atoms with Crippen LogP contribution in [0.15, 0.2) is 30.3 Å². The van der Waals surface area contributed by atoms with Crippen LogP contribution in [0.25, 0.3) is 0 Å². The van der Waals surface area contributed by atoms with Crippen LogP contribution in [0.4, 0.5) is 0 Å². The standard InChI is InChI=1S/C107H207IO3/c1-13-25-31-37-42-47-52-57-62-69-77-97(19-7)84-90-105(24-12,89-76-67-36-30-18-6)106(91-85-98(20-8)78-70-63-58-53-48-43-38-32-26-14-2,92-86-99(21-9)79-71-64-59-54-49-44-39-33-27-15-3)107(111-96-103(104(108)109)110-95-102-82-74-68-75-83-102,93-87-100(22-10)80-72-65-60-55-50-45-40-34-28-16-4)94-88-101(23-11)81-73-66-61-56-51-46-41-35-29-17-5/h68,74-75,82-83,97-101,103-104,109H,13-67,69-73,76-81,84-96H2,1-12H3. The van der Waals surface area contributed by atoms with Gasteiger partial charge in [0.05, 0.1) is 18.8 Å². The molecule has 4 heteroatoms. The maximum Gasteiger partial charge on any atom is 0.133 e. The molecule has 0 saturated carbocycles. The van der Waals surface area contributed by atoms with Gasteiger partial charge in [-0.05, 0) is 140 Å². The van der Waals surface area contributed by atoms with Gasteiger partial charge in [-0.3, -0.25) is 0 Å². The number of benzene rings is 1. The molecule has 0 aromatic heterocycles. The summed E-state index contributed by atoms with van der Waals surface area (Å²) in [7, 11) is 0. The molecule has 1 aromatic rings. The van der Waals surface area contributed by atoms with Crippen molar-refractivity contribution in [2.24, 2.45) is 40.4 Å².